The Kier molecular flexibility index (Phi) is 6.35. The monoisotopic (exact) mass is 401 g/mol. The molecule has 1 aromatic carbocycles. The molecule has 4 rings (SSSR count). The summed E-state index contributed by atoms with van der Waals surface area (Å²) < 4.78 is 0. The predicted octanol–water partition coefficient (Wildman–Crippen LogP) is 3.75. The van der Waals surface area contributed by atoms with Crippen LogP contribution in [0.4, 0.5) is 11.5 Å². The molecule has 1 saturated heterocycles. The third kappa shape index (κ3) is 5.21. The van der Waals surface area contributed by atoms with Crippen LogP contribution in [0.15, 0.2) is 67.1 Å². The number of rotatable bonds is 5. The summed E-state index contributed by atoms with van der Waals surface area (Å²) >= 11 is 0. The lowest BCUT2D eigenvalue weighted by molar-refractivity contribution is 0.102. The molecule has 3 heterocycles. The quantitative estimate of drug-likeness (QED) is 0.706. The third-order valence-corrected chi connectivity index (χ3v) is 5.39. The Morgan fingerprint density at radius 3 is 2.50 bits per heavy atom. The van der Waals surface area contributed by atoms with E-state index in [4.69, 9.17) is 0 Å². The summed E-state index contributed by atoms with van der Waals surface area (Å²) in [7, 11) is 0. The highest BCUT2D eigenvalue weighted by molar-refractivity contribution is 6.04. The van der Waals surface area contributed by atoms with Crippen LogP contribution in [0, 0.1) is 6.92 Å². The molecule has 0 unspecified atom stereocenters. The highest BCUT2D eigenvalue weighted by Gasteiger charge is 2.16. The van der Waals surface area contributed by atoms with Gasteiger partial charge in [0.2, 0.25) is 0 Å². The van der Waals surface area contributed by atoms with Crippen molar-refractivity contribution in [3.05, 3.63) is 83.8 Å². The van der Waals surface area contributed by atoms with Crippen molar-refractivity contribution in [2.45, 2.75) is 19.9 Å². The topological polar surface area (TPSA) is 61.4 Å². The maximum absolute atomic E-state index is 12.4. The molecule has 0 radical (unpaired) electrons. The molecule has 1 N–H and O–H groups in total. The number of hydrogen-bond acceptors (Lipinski definition) is 5. The van der Waals surface area contributed by atoms with Gasteiger partial charge in [-0.05, 0) is 55.3 Å². The summed E-state index contributed by atoms with van der Waals surface area (Å²) in [6.45, 7) is 6.95. The smallest absolute Gasteiger partial charge is 0.255 e. The van der Waals surface area contributed by atoms with Crippen LogP contribution in [-0.4, -0.2) is 47.0 Å². The molecule has 1 aliphatic rings. The zero-order chi connectivity index (χ0) is 20.8. The van der Waals surface area contributed by atoms with E-state index in [1.54, 1.807) is 6.20 Å². The normalized spacial score (nSPS) is 14.9. The number of pyridine rings is 2. The lowest BCUT2D eigenvalue weighted by Crippen LogP contribution is -2.31. The summed E-state index contributed by atoms with van der Waals surface area (Å²) in [6.07, 6.45) is 6.53. The van der Waals surface area contributed by atoms with E-state index in [9.17, 15) is 4.79 Å². The summed E-state index contributed by atoms with van der Waals surface area (Å²) in [4.78, 5) is 25.9. The standard InChI is InChI=1S/C24H27N5O/c1-19-3-5-21(6-4-19)24(30)27-22-7-8-23(26-17-22)29-14-2-13-28(15-16-29)18-20-9-11-25-12-10-20/h3-12,17H,2,13-16,18H2,1H3,(H,27,30). The van der Waals surface area contributed by atoms with Gasteiger partial charge in [-0.2, -0.15) is 0 Å². The van der Waals surface area contributed by atoms with E-state index in [1.165, 1.54) is 5.56 Å². The van der Waals surface area contributed by atoms with Gasteiger partial charge in [0.15, 0.2) is 0 Å². The molecule has 154 valence electrons. The van der Waals surface area contributed by atoms with E-state index in [2.05, 4.69) is 37.2 Å². The van der Waals surface area contributed by atoms with Crippen LogP contribution < -0.4 is 10.2 Å². The molecular weight excluding hydrogens is 374 g/mol. The fourth-order valence-corrected chi connectivity index (χ4v) is 3.66. The van der Waals surface area contributed by atoms with E-state index in [0.717, 1.165) is 50.5 Å². The van der Waals surface area contributed by atoms with Gasteiger partial charge in [0.25, 0.3) is 5.91 Å². The number of amides is 1. The number of nitrogens with zero attached hydrogens (tertiary/aromatic N) is 4. The average molecular weight is 402 g/mol. The van der Waals surface area contributed by atoms with E-state index in [-0.39, 0.29) is 5.91 Å². The fraction of sp³-hybridized carbons (Fsp3) is 0.292. The van der Waals surface area contributed by atoms with Crippen molar-refractivity contribution in [2.24, 2.45) is 0 Å². The lowest BCUT2D eigenvalue weighted by atomic mass is 10.1. The molecule has 3 aromatic rings. The van der Waals surface area contributed by atoms with Crippen molar-refractivity contribution in [3.8, 4) is 0 Å². The Hall–Kier alpha value is -3.25. The second-order valence-electron chi connectivity index (χ2n) is 7.70. The van der Waals surface area contributed by atoms with Gasteiger partial charge in [-0.3, -0.25) is 14.7 Å². The molecule has 0 aliphatic carbocycles. The molecule has 1 fully saturated rings. The first kappa shape index (κ1) is 20.0. The molecule has 0 spiro atoms. The highest BCUT2D eigenvalue weighted by atomic mass is 16.1. The van der Waals surface area contributed by atoms with Crippen LogP contribution in [0.1, 0.15) is 27.9 Å². The molecule has 6 nitrogen and oxygen atoms in total. The third-order valence-electron chi connectivity index (χ3n) is 5.39. The first-order chi connectivity index (χ1) is 14.7. The minimum Gasteiger partial charge on any atom is -0.355 e. The number of aromatic nitrogens is 2. The van der Waals surface area contributed by atoms with Crippen molar-refractivity contribution < 1.29 is 4.79 Å². The van der Waals surface area contributed by atoms with Gasteiger partial charge in [-0.25, -0.2) is 4.98 Å². The maximum atomic E-state index is 12.4. The first-order valence-corrected chi connectivity index (χ1v) is 10.4. The van der Waals surface area contributed by atoms with Crippen LogP contribution in [-0.2, 0) is 6.54 Å². The van der Waals surface area contributed by atoms with E-state index in [1.807, 2.05) is 55.7 Å². The van der Waals surface area contributed by atoms with Crippen LogP contribution in [0.5, 0.6) is 0 Å². The molecule has 0 atom stereocenters. The Labute approximate surface area is 177 Å². The van der Waals surface area contributed by atoms with Gasteiger partial charge in [0, 0.05) is 50.7 Å². The number of aryl methyl sites for hydroxylation is 1. The van der Waals surface area contributed by atoms with Crippen molar-refractivity contribution in [2.75, 3.05) is 36.4 Å². The highest BCUT2D eigenvalue weighted by Crippen LogP contribution is 2.18. The van der Waals surface area contributed by atoms with Gasteiger partial charge < -0.3 is 10.2 Å². The zero-order valence-electron chi connectivity index (χ0n) is 17.3. The molecule has 6 heteroatoms. The lowest BCUT2D eigenvalue weighted by Gasteiger charge is -2.23. The minimum atomic E-state index is -0.119. The van der Waals surface area contributed by atoms with Gasteiger partial charge in [-0.15, -0.1) is 0 Å². The largest absolute Gasteiger partial charge is 0.355 e. The maximum Gasteiger partial charge on any atom is 0.255 e. The minimum absolute atomic E-state index is 0.119. The first-order valence-electron chi connectivity index (χ1n) is 10.4. The average Bonchev–Trinajstić information content (AvgIpc) is 3.01. The molecule has 1 aliphatic heterocycles. The molecular formula is C24H27N5O. The Morgan fingerprint density at radius 2 is 1.77 bits per heavy atom. The van der Waals surface area contributed by atoms with Gasteiger partial charge in [0.05, 0.1) is 11.9 Å². The van der Waals surface area contributed by atoms with E-state index < -0.39 is 0 Å². The predicted molar refractivity (Wildman–Crippen MR) is 120 cm³/mol. The number of anilines is 2. The molecule has 30 heavy (non-hydrogen) atoms. The second-order valence-corrected chi connectivity index (χ2v) is 7.70. The molecule has 1 amide bonds. The van der Waals surface area contributed by atoms with Crippen LogP contribution in [0.25, 0.3) is 0 Å². The van der Waals surface area contributed by atoms with Crippen molar-refractivity contribution in [1.29, 1.82) is 0 Å². The Bertz CT molecular complexity index is 957. The number of carbonyl (C=O) groups is 1. The van der Waals surface area contributed by atoms with Crippen LogP contribution in [0.2, 0.25) is 0 Å². The SMILES string of the molecule is Cc1ccc(C(=O)Nc2ccc(N3CCCN(Cc4ccncc4)CC3)nc2)cc1. The van der Waals surface area contributed by atoms with Gasteiger partial charge in [0.1, 0.15) is 5.82 Å². The second kappa shape index (κ2) is 9.50. The Balaban J connectivity index is 1.33. The van der Waals surface area contributed by atoms with E-state index in [0.29, 0.717) is 11.3 Å². The number of nitrogens with one attached hydrogen (secondary N) is 1. The molecule has 0 bridgehead atoms. The van der Waals surface area contributed by atoms with E-state index >= 15 is 0 Å². The number of hydrogen-bond donors (Lipinski definition) is 1. The van der Waals surface area contributed by atoms with Gasteiger partial charge in [-0.1, -0.05) is 17.7 Å². The molecule has 2 aromatic heterocycles. The summed E-state index contributed by atoms with van der Waals surface area (Å²) in [5, 5.41) is 2.92. The van der Waals surface area contributed by atoms with Crippen LogP contribution in [0.3, 0.4) is 0 Å². The van der Waals surface area contributed by atoms with Crippen molar-refractivity contribution >= 4 is 17.4 Å². The Morgan fingerprint density at radius 1 is 0.967 bits per heavy atom. The number of benzene rings is 1. The number of carbonyl (C=O) groups excluding carboxylic acids is 1. The van der Waals surface area contributed by atoms with Crippen molar-refractivity contribution in [1.82, 2.24) is 14.9 Å². The van der Waals surface area contributed by atoms with Gasteiger partial charge >= 0.3 is 0 Å². The summed E-state index contributed by atoms with van der Waals surface area (Å²) in [5.41, 5.74) is 3.78. The fourth-order valence-electron chi connectivity index (χ4n) is 3.66. The zero-order valence-corrected chi connectivity index (χ0v) is 17.3. The summed E-state index contributed by atoms with van der Waals surface area (Å²) in [6, 6.07) is 15.6. The van der Waals surface area contributed by atoms with Crippen LogP contribution >= 0.6 is 0 Å². The molecule has 0 saturated carbocycles. The summed E-state index contributed by atoms with van der Waals surface area (Å²) in [5.74, 6) is 0.833. The van der Waals surface area contributed by atoms with Crippen molar-refractivity contribution in [3.63, 3.8) is 0 Å².